The number of aryl methyl sites for hydroxylation is 2. The quantitative estimate of drug-likeness (QED) is 0.620. The molecule has 0 saturated carbocycles. The molecule has 0 heterocycles. The van der Waals surface area contributed by atoms with Gasteiger partial charge in [0.25, 0.3) is 0 Å². The van der Waals surface area contributed by atoms with Gasteiger partial charge in [0.1, 0.15) is 11.5 Å². The van der Waals surface area contributed by atoms with Gasteiger partial charge in [0.15, 0.2) is 0 Å². The summed E-state index contributed by atoms with van der Waals surface area (Å²) < 4.78 is 10.5. The normalized spacial score (nSPS) is 11.9. The fraction of sp³-hybridized carbons (Fsp3) is 0.316. The van der Waals surface area contributed by atoms with Crippen molar-refractivity contribution in [1.82, 2.24) is 0 Å². The average Bonchev–Trinajstić information content (AvgIpc) is 2.48. The lowest BCUT2D eigenvalue weighted by atomic mass is 9.91. The van der Waals surface area contributed by atoms with Crippen molar-refractivity contribution in [3.8, 4) is 11.5 Å². The Labute approximate surface area is 131 Å². The first-order valence-electron chi connectivity index (χ1n) is 7.36. The van der Waals surface area contributed by atoms with Gasteiger partial charge in [-0.25, -0.2) is 0 Å². The molecule has 0 N–H and O–H groups in total. The number of methoxy groups -OCH3 is 1. The minimum Gasteiger partial charge on any atom is -0.496 e. The van der Waals surface area contributed by atoms with Crippen LogP contribution in [0.3, 0.4) is 0 Å². The number of esters is 1. The lowest BCUT2D eigenvalue weighted by Crippen LogP contribution is -2.04. The van der Waals surface area contributed by atoms with Crippen LogP contribution in [0, 0.1) is 13.8 Å². The second-order valence-corrected chi connectivity index (χ2v) is 5.57. The molecule has 22 heavy (non-hydrogen) atoms. The van der Waals surface area contributed by atoms with Crippen molar-refractivity contribution in [3.63, 3.8) is 0 Å². The molecule has 0 aliphatic rings. The van der Waals surface area contributed by atoms with E-state index in [9.17, 15) is 4.79 Å². The summed E-state index contributed by atoms with van der Waals surface area (Å²) in [6, 6.07) is 12.2. The molecule has 2 rings (SSSR count). The maximum Gasteiger partial charge on any atom is 0.308 e. The molecule has 116 valence electrons. The third-order valence-corrected chi connectivity index (χ3v) is 3.87. The minimum atomic E-state index is -0.297. The van der Waals surface area contributed by atoms with E-state index in [1.54, 1.807) is 7.11 Å². The molecule has 3 nitrogen and oxygen atoms in total. The first-order valence-corrected chi connectivity index (χ1v) is 7.36. The Kier molecular flexibility index (Phi) is 4.86. The molecule has 2 aromatic carbocycles. The van der Waals surface area contributed by atoms with E-state index in [2.05, 4.69) is 25.1 Å². The summed E-state index contributed by atoms with van der Waals surface area (Å²) >= 11 is 0. The van der Waals surface area contributed by atoms with Crippen LogP contribution < -0.4 is 9.47 Å². The molecule has 1 atom stereocenters. The number of benzene rings is 2. The van der Waals surface area contributed by atoms with Gasteiger partial charge in [-0.2, -0.15) is 0 Å². The predicted octanol–water partition coefficient (Wildman–Crippen LogP) is 4.39. The van der Waals surface area contributed by atoms with Crippen molar-refractivity contribution >= 4 is 5.97 Å². The average molecular weight is 298 g/mol. The summed E-state index contributed by atoms with van der Waals surface area (Å²) in [6.45, 7) is 7.58. The second-order valence-electron chi connectivity index (χ2n) is 5.57. The molecule has 2 aromatic rings. The van der Waals surface area contributed by atoms with Crippen LogP contribution in [0.15, 0.2) is 36.4 Å². The minimum absolute atomic E-state index is 0.259. The van der Waals surface area contributed by atoms with Crippen LogP contribution in [0.2, 0.25) is 0 Å². The van der Waals surface area contributed by atoms with Crippen LogP contribution in [0.1, 0.15) is 42.0 Å². The van der Waals surface area contributed by atoms with E-state index in [0.29, 0.717) is 5.75 Å². The fourth-order valence-electron chi connectivity index (χ4n) is 2.57. The van der Waals surface area contributed by atoms with E-state index >= 15 is 0 Å². The summed E-state index contributed by atoms with van der Waals surface area (Å²) in [5, 5.41) is 0. The predicted molar refractivity (Wildman–Crippen MR) is 87.7 cm³/mol. The molecule has 0 aromatic heterocycles. The number of rotatable bonds is 4. The largest absolute Gasteiger partial charge is 0.496 e. The molecule has 0 unspecified atom stereocenters. The van der Waals surface area contributed by atoms with Gasteiger partial charge in [0.05, 0.1) is 7.11 Å². The van der Waals surface area contributed by atoms with E-state index in [4.69, 9.17) is 9.47 Å². The van der Waals surface area contributed by atoms with Crippen molar-refractivity contribution in [2.24, 2.45) is 0 Å². The Hall–Kier alpha value is -2.29. The number of hydrogen-bond acceptors (Lipinski definition) is 3. The summed E-state index contributed by atoms with van der Waals surface area (Å²) in [7, 11) is 1.68. The van der Waals surface area contributed by atoms with Crippen molar-refractivity contribution in [2.75, 3.05) is 7.11 Å². The van der Waals surface area contributed by atoms with Crippen LogP contribution in [0.25, 0.3) is 0 Å². The Morgan fingerprint density at radius 2 is 1.45 bits per heavy atom. The molecule has 0 aliphatic heterocycles. The number of ether oxygens (including phenoxy) is 2. The molecule has 0 amide bonds. The first-order chi connectivity index (χ1) is 10.4. The van der Waals surface area contributed by atoms with Crippen molar-refractivity contribution < 1.29 is 14.3 Å². The zero-order valence-electron chi connectivity index (χ0n) is 13.8. The molecule has 0 aliphatic carbocycles. The maximum atomic E-state index is 11.1. The monoisotopic (exact) mass is 298 g/mol. The third kappa shape index (κ3) is 3.48. The number of carbonyl (C=O) groups is 1. The van der Waals surface area contributed by atoms with Gasteiger partial charge < -0.3 is 9.47 Å². The van der Waals surface area contributed by atoms with Crippen LogP contribution in [-0.2, 0) is 4.79 Å². The lowest BCUT2D eigenvalue weighted by molar-refractivity contribution is -0.131. The van der Waals surface area contributed by atoms with E-state index in [1.807, 2.05) is 32.0 Å². The van der Waals surface area contributed by atoms with E-state index < -0.39 is 0 Å². The summed E-state index contributed by atoms with van der Waals surface area (Å²) in [6.07, 6.45) is 0. The van der Waals surface area contributed by atoms with Crippen LogP contribution in [0.4, 0.5) is 0 Å². The smallest absolute Gasteiger partial charge is 0.308 e. The highest BCUT2D eigenvalue weighted by Crippen LogP contribution is 2.30. The number of carbonyl (C=O) groups excluding carboxylic acids is 1. The Bertz CT molecular complexity index is 689. The molecule has 0 saturated heterocycles. The Morgan fingerprint density at radius 1 is 0.955 bits per heavy atom. The second kappa shape index (κ2) is 6.65. The maximum absolute atomic E-state index is 11.1. The zero-order valence-corrected chi connectivity index (χ0v) is 13.8. The molecule has 3 heteroatoms. The SMILES string of the molecule is COc1ccc([C@H](C)c2ccc(OC(C)=O)c(C)c2)cc1C. The van der Waals surface area contributed by atoms with Gasteiger partial charge in [0.2, 0.25) is 0 Å². The van der Waals surface area contributed by atoms with E-state index in [1.165, 1.54) is 18.1 Å². The fourth-order valence-corrected chi connectivity index (χ4v) is 2.57. The van der Waals surface area contributed by atoms with Gasteiger partial charge >= 0.3 is 5.97 Å². The molecular formula is C19H22O3. The van der Waals surface area contributed by atoms with E-state index in [0.717, 1.165) is 16.9 Å². The summed E-state index contributed by atoms with van der Waals surface area (Å²) in [4.78, 5) is 11.1. The highest BCUT2D eigenvalue weighted by molar-refractivity contribution is 5.69. The standard InChI is InChI=1S/C19H22O3/c1-12-10-16(6-8-18(12)21-5)14(3)17-7-9-19(13(2)11-17)22-15(4)20/h6-11,14H,1-5H3/t14-/m0/s1. The highest BCUT2D eigenvalue weighted by atomic mass is 16.5. The molecule has 0 radical (unpaired) electrons. The summed E-state index contributed by atoms with van der Waals surface area (Å²) in [5.41, 5.74) is 4.51. The Morgan fingerprint density at radius 3 is 1.86 bits per heavy atom. The zero-order chi connectivity index (χ0) is 16.3. The molecule has 0 spiro atoms. The van der Waals surface area contributed by atoms with Crippen molar-refractivity contribution in [2.45, 2.75) is 33.6 Å². The van der Waals surface area contributed by atoms with Gasteiger partial charge in [-0.05, 0) is 48.2 Å². The highest BCUT2D eigenvalue weighted by Gasteiger charge is 2.12. The molecule has 0 fully saturated rings. The lowest BCUT2D eigenvalue weighted by Gasteiger charge is -2.16. The van der Waals surface area contributed by atoms with Crippen molar-refractivity contribution in [1.29, 1.82) is 0 Å². The van der Waals surface area contributed by atoms with Gasteiger partial charge in [0, 0.05) is 12.8 Å². The van der Waals surface area contributed by atoms with Crippen molar-refractivity contribution in [3.05, 3.63) is 58.7 Å². The Balaban J connectivity index is 2.29. The van der Waals surface area contributed by atoms with Gasteiger partial charge in [-0.1, -0.05) is 31.2 Å². The van der Waals surface area contributed by atoms with Gasteiger partial charge in [-0.3, -0.25) is 4.79 Å². The topological polar surface area (TPSA) is 35.5 Å². The van der Waals surface area contributed by atoms with Crippen LogP contribution in [-0.4, -0.2) is 13.1 Å². The third-order valence-electron chi connectivity index (χ3n) is 3.87. The summed E-state index contributed by atoms with van der Waals surface area (Å²) in [5.74, 6) is 1.48. The first kappa shape index (κ1) is 16.1. The number of hydrogen-bond donors (Lipinski definition) is 0. The van der Waals surface area contributed by atoms with E-state index in [-0.39, 0.29) is 11.9 Å². The molecular weight excluding hydrogens is 276 g/mol. The molecule has 0 bridgehead atoms. The van der Waals surface area contributed by atoms with Crippen LogP contribution in [0.5, 0.6) is 11.5 Å². The van der Waals surface area contributed by atoms with Crippen LogP contribution >= 0.6 is 0 Å². The van der Waals surface area contributed by atoms with Gasteiger partial charge in [-0.15, -0.1) is 0 Å².